The molecule has 22 heavy (non-hydrogen) atoms. The molecule has 1 amide bonds. The molecule has 1 fully saturated rings. The van der Waals surface area contributed by atoms with Crippen molar-refractivity contribution in [3.63, 3.8) is 0 Å². The van der Waals surface area contributed by atoms with Gasteiger partial charge in [0.15, 0.2) is 0 Å². The van der Waals surface area contributed by atoms with Crippen molar-refractivity contribution >= 4 is 19.0 Å². The van der Waals surface area contributed by atoms with Gasteiger partial charge in [-0.05, 0) is 19.8 Å². The number of nitrogens with two attached hydrogens (primary N) is 1. The fraction of sp³-hybridized carbons (Fsp3) is 0.833. The number of nitrogens with zero attached hydrogens (tertiary/aromatic N) is 1. The van der Waals surface area contributed by atoms with Crippen molar-refractivity contribution in [2.45, 2.75) is 30.7 Å². The molecule has 9 nitrogen and oxygen atoms in total. The number of likely N-dealkylation sites (tertiary alicyclic amines) is 1. The highest BCUT2D eigenvalue weighted by atomic mass is 16.4. The van der Waals surface area contributed by atoms with E-state index in [1.165, 1.54) is 11.9 Å². The molecule has 7 N–H and O–H groups in total. The van der Waals surface area contributed by atoms with Crippen LogP contribution in [0.25, 0.3) is 0 Å². The number of hydrogen-bond donors (Lipinski definition) is 6. The van der Waals surface area contributed by atoms with E-state index in [1.807, 2.05) is 0 Å². The number of carboxylic acid groups (broad SMARTS) is 1. The minimum Gasteiger partial charge on any atom is -0.480 e. The van der Waals surface area contributed by atoms with Gasteiger partial charge in [0.1, 0.15) is 11.6 Å². The van der Waals surface area contributed by atoms with Crippen LogP contribution in [-0.4, -0.2) is 82.5 Å². The van der Waals surface area contributed by atoms with Crippen LogP contribution in [0.1, 0.15) is 12.8 Å². The van der Waals surface area contributed by atoms with Gasteiger partial charge in [0.25, 0.3) is 0 Å². The van der Waals surface area contributed by atoms with Gasteiger partial charge in [0, 0.05) is 19.0 Å². The number of likely N-dealkylation sites (N-methyl/N-ethyl adjacent to an activating group) is 1. The summed E-state index contributed by atoms with van der Waals surface area (Å²) in [6.45, 7) is -0.356. The maximum atomic E-state index is 12.2. The van der Waals surface area contributed by atoms with Crippen molar-refractivity contribution < 1.29 is 29.9 Å². The molecule has 1 saturated heterocycles. The van der Waals surface area contributed by atoms with Crippen LogP contribution in [0.2, 0.25) is 6.32 Å². The summed E-state index contributed by atoms with van der Waals surface area (Å²) in [4.78, 5) is 25.0. The highest BCUT2D eigenvalue weighted by molar-refractivity contribution is 6.40. The summed E-state index contributed by atoms with van der Waals surface area (Å²) in [6, 6.07) is -0.795. The Labute approximate surface area is 129 Å². The minimum atomic E-state index is -1.57. The molecule has 0 aromatic rings. The first-order chi connectivity index (χ1) is 10.3. The number of carbonyl (C=O) groups is 2. The smallest absolute Gasteiger partial charge is 0.451 e. The molecule has 1 aliphatic heterocycles. The third kappa shape index (κ3) is 4.17. The van der Waals surface area contributed by atoms with Gasteiger partial charge in [-0.15, -0.1) is 0 Å². The Balaban J connectivity index is 2.79. The van der Waals surface area contributed by atoms with Crippen molar-refractivity contribution in [1.82, 2.24) is 10.2 Å². The molecule has 0 bridgehead atoms. The lowest BCUT2D eigenvalue weighted by atomic mass is 9.78. The average Bonchev–Trinajstić information content (AvgIpc) is 2.78. The molecular weight excluding hydrogens is 293 g/mol. The molecule has 1 rings (SSSR count). The van der Waals surface area contributed by atoms with Crippen molar-refractivity contribution in [3.05, 3.63) is 0 Å². The number of hydrogen-bond acceptors (Lipinski definition) is 7. The van der Waals surface area contributed by atoms with Gasteiger partial charge in [0.05, 0.1) is 6.61 Å². The first kappa shape index (κ1) is 18.9. The zero-order chi connectivity index (χ0) is 16.9. The number of aliphatic hydroxyl groups is 1. The van der Waals surface area contributed by atoms with E-state index in [4.69, 9.17) is 20.9 Å². The fourth-order valence-electron chi connectivity index (χ4n) is 2.76. The van der Waals surface area contributed by atoms with E-state index in [0.717, 1.165) is 0 Å². The van der Waals surface area contributed by atoms with Gasteiger partial charge in [-0.25, -0.2) is 0 Å². The van der Waals surface area contributed by atoms with Crippen LogP contribution in [0, 0.1) is 5.92 Å². The van der Waals surface area contributed by atoms with E-state index in [2.05, 4.69) is 5.32 Å². The summed E-state index contributed by atoms with van der Waals surface area (Å²) >= 11 is 0. The first-order valence-electron chi connectivity index (χ1n) is 7.21. The van der Waals surface area contributed by atoms with Crippen LogP contribution in [0.3, 0.4) is 0 Å². The standard InChI is InChI=1S/C12H24BN3O6/c1-15-9(6-17)10(18)16-5-8(3-2-4-13(21)22)12(14,7-16)11(19)20/h8-9,15,17,21-22H,2-7,14H2,1H3,(H,19,20)/t8?,9-,12-/m0/s1. The third-order valence-corrected chi connectivity index (χ3v) is 4.18. The van der Waals surface area contributed by atoms with Crippen molar-refractivity contribution in [2.75, 3.05) is 26.7 Å². The molecule has 0 radical (unpaired) electrons. The summed E-state index contributed by atoms with van der Waals surface area (Å²) in [6.07, 6.45) is 0.884. The van der Waals surface area contributed by atoms with Gasteiger partial charge >= 0.3 is 13.1 Å². The molecule has 10 heteroatoms. The molecule has 3 atom stereocenters. The highest BCUT2D eigenvalue weighted by Crippen LogP contribution is 2.30. The van der Waals surface area contributed by atoms with Gasteiger partial charge in [0.2, 0.25) is 5.91 Å². The lowest BCUT2D eigenvalue weighted by molar-refractivity contribution is -0.144. The number of carbonyl (C=O) groups excluding carboxylic acids is 1. The van der Waals surface area contributed by atoms with Gasteiger partial charge in [-0.2, -0.15) is 0 Å². The van der Waals surface area contributed by atoms with Crippen LogP contribution in [-0.2, 0) is 9.59 Å². The molecule has 0 saturated carbocycles. The average molecular weight is 317 g/mol. The Hall–Kier alpha value is -1.20. The summed E-state index contributed by atoms with van der Waals surface area (Å²) in [5, 5.41) is 38.9. The molecule has 0 aromatic carbocycles. The first-order valence-corrected chi connectivity index (χ1v) is 7.21. The quantitative estimate of drug-likeness (QED) is 0.260. The summed E-state index contributed by atoms with van der Waals surface area (Å²) in [7, 11) is 0.0844. The number of aliphatic hydroxyl groups excluding tert-OH is 1. The summed E-state index contributed by atoms with van der Waals surface area (Å²) < 4.78 is 0. The highest BCUT2D eigenvalue weighted by Gasteiger charge is 2.51. The van der Waals surface area contributed by atoms with Crippen LogP contribution in [0.4, 0.5) is 0 Å². The summed E-state index contributed by atoms with van der Waals surface area (Å²) in [5.41, 5.74) is 4.41. The number of rotatable bonds is 8. The van der Waals surface area contributed by atoms with Crippen LogP contribution >= 0.6 is 0 Å². The fourth-order valence-corrected chi connectivity index (χ4v) is 2.76. The maximum Gasteiger partial charge on any atom is 0.451 e. The van der Waals surface area contributed by atoms with Crippen molar-refractivity contribution in [3.8, 4) is 0 Å². The molecular formula is C12H24BN3O6. The summed E-state index contributed by atoms with van der Waals surface area (Å²) in [5.74, 6) is -2.07. The van der Waals surface area contributed by atoms with Crippen LogP contribution < -0.4 is 11.1 Å². The Kier molecular flexibility index (Phi) is 6.76. The predicted octanol–water partition coefficient (Wildman–Crippen LogP) is -2.94. The van der Waals surface area contributed by atoms with E-state index in [0.29, 0.717) is 12.8 Å². The number of carboxylic acids is 1. The Morgan fingerprint density at radius 1 is 1.50 bits per heavy atom. The predicted molar refractivity (Wildman–Crippen MR) is 78.8 cm³/mol. The van der Waals surface area contributed by atoms with E-state index in [1.54, 1.807) is 0 Å². The molecule has 1 unspecified atom stereocenters. The van der Waals surface area contributed by atoms with Crippen molar-refractivity contribution in [2.24, 2.45) is 11.7 Å². The van der Waals surface area contributed by atoms with Crippen molar-refractivity contribution in [1.29, 1.82) is 0 Å². The van der Waals surface area contributed by atoms with E-state index < -0.39 is 43.1 Å². The van der Waals surface area contributed by atoms with Gasteiger partial charge in [-0.3, -0.25) is 9.59 Å². The lowest BCUT2D eigenvalue weighted by Crippen LogP contribution is -2.56. The molecule has 0 spiro atoms. The number of aliphatic carboxylic acids is 1. The largest absolute Gasteiger partial charge is 0.480 e. The second kappa shape index (κ2) is 7.88. The van der Waals surface area contributed by atoms with Gasteiger partial charge < -0.3 is 36.2 Å². The molecule has 1 heterocycles. The Bertz CT molecular complexity index is 406. The second-order valence-corrected chi connectivity index (χ2v) is 5.70. The lowest BCUT2D eigenvalue weighted by Gasteiger charge is -2.25. The van der Waals surface area contributed by atoms with Gasteiger partial charge in [-0.1, -0.05) is 6.42 Å². The van der Waals surface area contributed by atoms with E-state index in [-0.39, 0.29) is 19.4 Å². The SMILES string of the molecule is CN[C@@H](CO)C(=O)N1CC(CCCB(O)O)[C@](N)(C(=O)O)C1. The van der Waals surface area contributed by atoms with Crippen LogP contribution in [0.15, 0.2) is 0 Å². The maximum absolute atomic E-state index is 12.2. The molecule has 126 valence electrons. The topological polar surface area (TPSA) is 156 Å². The van der Waals surface area contributed by atoms with E-state index >= 15 is 0 Å². The molecule has 0 aromatic heterocycles. The second-order valence-electron chi connectivity index (χ2n) is 5.70. The zero-order valence-electron chi connectivity index (χ0n) is 12.6. The third-order valence-electron chi connectivity index (χ3n) is 4.18. The monoisotopic (exact) mass is 317 g/mol. The molecule has 0 aliphatic carbocycles. The minimum absolute atomic E-state index is 0.121. The number of amides is 1. The Morgan fingerprint density at radius 3 is 2.59 bits per heavy atom. The molecule has 1 aliphatic rings. The van der Waals surface area contributed by atoms with E-state index in [9.17, 15) is 14.7 Å². The normalized spacial score (nSPS) is 26.0. The Morgan fingerprint density at radius 2 is 2.14 bits per heavy atom. The zero-order valence-corrected chi connectivity index (χ0v) is 12.6. The van der Waals surface area contributed by atoms with Crippen LogP contribution in [0.5, 0.6) is 0 Å². The number of nitrogens with one attached hydrogen (secondary N) is 1.